The van der Waals surface area contributed by atoms with Gasteiger partial charge in [-0.05, 0) is 80.4 Å². The second kappa shape index (κ2) is 7.24. The van der Waals surface area contributed by atoms with Crippen molar-refractivity contribution < 1.29 is 13.9 Å². The second-order valence-corrected chi connectivity index (χ2v) is 8.95. The molecule has 4 nitrogen and oxygen atoms in total. The van der Waals surface area contributed by atoms with Gasteiger partial charge in [-0.1, -0.05) is 12.1 Å². The molecule has 3 fully saturated rings. The molecular weight excluding hydrogens is 363 g/mol. The minimum absolute atomic E-state index is 0.000510. The van der Waals surface area contributed by atoms with Crippen molar-refractivity contribution in [1.82, 2.24) is 10.2 Å². The van der Waals surface area contributed by atoms with Crippen LogP contribution in [0.4, 0.5) is 9.18 Å². The van der Waals surface area contributed by atoms with Crippen LogP contribution in [0.5, 0.6) is 0 Å². The number of halogens is 1. The van der Waals surface area contributed by atoms with Crippen LogP contribution in [-0.4, -0.2) is 36.7 Å². The molecule has 1 amide bonds. The van der Waals surface area contributed by atoms with Gasteiger partial charge < -0.3 is 10.1 Å². The quantitative estimate of drug-likeness (QED) is 0.832. The Hall–Kier alpha value is -1.92. The number of hydrogen-bond acceptors (Lipinski definition) is 4. The van der Waals surface area contributed by atoms with Crippen LogP contribution >= 0.6 is 11.3 Å². The molecule has 2 bridgehead atoms. The molecule has 6 heteroatoms. The van der Waals surface area contributed by atoms with E-state index in [1.807, 2.05) is 25.3 Å². The van der Waals surface area contributed by atoms with Crippen molar-refractivity contribution in [1.29, 1.82) is 0 Å². The summed E-state index contributed by atoms with van der Waals surface area (Å²) < 4.78 is 18.9. The summed E-state index contributed by atoms with van der Waals surface area (Å²) in [6, 6.07) is 8.51. The van der Waals surface area contributed by atoms with Crippen LogP contribution in [-0.2, 0) is 10.3 Å². The van der Waals surface area contributed by atoms with Crippen LogP contribution in [0.25, 0.3) is 10.4 Å². The Morgan fingerprint density at radius 1 is 1.26 bits per heavy atom. The maximum atomic E-state index is 13.1. The van der Waals surface area contributed by atoms with Gasteiger partial charge in [-0.3, -0.25) is 4.90 Å². The normalized spacial score (nSPS) is 24.6. The van der Waals surface area contributed by atoms with Gasteiger partial charge in [0.1, 0.15) is 11.9 Å². The molecule has 0 aliphatic carbocycles. The standard InChI is InChI=1S/C21H25FN2O2S/c1-21(2,16-11-19(27-13-16)15-3-5-17(22)6-4-15)23-20(25)26-18-12-24-9-7-14(18)8-10-24/h3-6,11,13-14,18H,7-10,12H2,1-2H3,(H,23,25). The predicted molar refractivity (Wildman–Crippen MR) is 105 cm³/mol. The maximum absolute atomic E-state index is 13.1. The Balaban J connectivity index is 1.41. The number of carbonyl (C=O) groups is 1. The predicted octanol–water partition coefficient (Wildman–Crippen LogP) is 4.61. The fourth-order valence-electron chi connectivity index (χ4n) is 3.97. The molecule has 3 saturated heterocycles. The highest BCUT2D eigenvalue weighted by Gasteiger charge is 2.37. The molecule has 4 heterocycles. The molecule has 1 aromatic heterocycles. The number of fused-ring (bicyclic) bond motifs is 3. The summed E-state index contributed by atoms with van der Waals surface area (Å²) in [5.41, 5.74) is 1.44. The largest absolute Gasteiger partial charge is 0.445 e. The zero-order valence-electron chi connectivity index (χ0n) is 15.7. The number of benzene rings is 1. The summed E-state index contributed by atoms with van der Waals surface area (Å²) in [6.07, 6.45) is 1.88. The van der Waals surface area contributed by atoms with E-state index < -0.39 is 5.54 Å². The number of hydrogen-bond donors (Lipinski definition) is 1. The lowest BCUT2D eigenvalue weighted by atomic mass is 9.86. The number of ether oxygens (including phenoxy) is 1. The van der Waals surface area contributed by atoms with Gasteiger partial charge in [0.2, 0.25) is 0 Å². The first kappa shape index (κ1) is 18.4. The number of piperidine rings is 3. The SMILES string of the molecule is CC(C)(NC(=O)OC1CN2CCC1CC2)c1csc(-c2ccc(F)cc2)c1. The lowest BCUT2D eigenvalue weighted by Crippen LogP contribution is -2.53. The molecule has 3 aliphatic heterocycles. The number of nitrogens with zero attached hydrogens (tertiary/aromatic N) is 1. The molecule has 1 N–H and O–H groups in total. The van der Waals surface area contributed by atoms with E-state index in [2.05, 4.69) is 10.2 Å². The summed E-state index contributed by atoms with van der Waals surface area (Å²) in [6.45, 7) is 7.05. The minimum Gasteiger partial charge on any atom is -0.445 e. The summed E-state index contributed by atoms with van der Waals surface area (Å²) in [5, 5.41) is 5.06. The van der Waals surface area contributed by atoms with E-state index in [9.17, 15) is 9.18 Å². The van der Waals surface area contributed by atoms with Gasteiger partial charge in [0.25, 0.3) is 0 Å². The van der Waals surface area contributed by atoms with Crippen molar-refractivity contribution in [2.75, 3.05) is 19.6 Å². The zero-order chi connectivity index (χ0) is 19.0. The smallest absolute Gasteiger partial charge is 0.408 e. The highest BCUT2D eigenvalue weighted by Crippen LogP contribution is 2.33. The van der Waals surface area contributed by atoms with Crippen LogP contribution in [0.15, 0.2) is 35.7 Å². The van der Waals surface area contributed by atoms with Gasteiger partial charge in [-0.25, -0.2) is 9.18 Å². The van der Waals surface area contributed by atoms with Gasteiger partial charge >= 0.3 is 6.09 Å². The fraction of sp³-hybridized carbons (Fsp3) is 0.476. The van der Waals surface area contributed by atoms with E-state index in [0.29, 0.717) is 5.92 Å². The molecule has 0 radical (unpaired) electrons. The summed E-state index contributed by atoms with van der Waals surface area (Å²) in [5.74, 6) is 0.253. The van der Waals surface area contributed by atoms with Gasteiger partial charge in [-0.15, -0.1) is 11.3 Å². The van der Waals surface area contributed by atoms with E-state index in [1.54, 1.807) is 23.5 Å². The van der Waals surface area contributed by atoms with E-state index in [0.717, 1.165) is 48.5 Å². The molecule has 3 aliphatic rings. The van der Waals surface area contributed by atoms with E-state index in [1.165, 1.54) is 12.1 Å². The van der Waals surface area contributed by atoms with Gasteiger partial charge in [0.15, 0.2) is 0 Å². The molecular formula is C21H25FN2O2S. The second-order valence-electron chi connectivity index (χ2n) is 8.04. The number of nitrogens with one attached hydrogen (secondary N) is 1. The monoisotopic (exact) mass is 388 g/mol. The minimum atomic E-state index is -0.542. The number of thiophene rings is 1. The Morgan fingerprint density at radius 3 is 2.59 bits per heavy atom. The first-order chi connectivity index (χ1) is 12.9. The van der Waals surface area contributed by atoms with Crippen molar-refractivity contribution in [3.05, 3.63) is 47.1 Å². The molecule has 1 atom stereocenters. The van der Waals surface area contributed by atoms with Crippen LogP contribution in [0.3, 0.4) is 0 Å². The summed E-state index contributed by atoms with van der Waals surface area (Å²) >= 11 is 1.59. The molecule has 2 aromatic rings. The number of amides is 1. The third kappa shape index (κ3) is 4.01. The average molecular weight is 389 g/mol. The molecule has 1 unspecified atom stereocenters. The molecule has 0 spiro atoms. The lowest BCUT2D eigenvalue weighted by Gasteiger charge is -2.44. The Bertz CT molecular complexity index is 810. The van der Waals surface area contributed by atoms with E-state index in [-0.39, 0.29) is 18.0 Å². The first-order valence-electron chi connectivity index (χ1n) is 9.47. The molecule has 1 aromatic carbocycles. The van der Waals surface area contributed by atoms with Gasteiger partial charge in [0.05, 0.1) is 5.54 Å². The third-order valence-corrected chi connectivity index (χ3v) is 6.70. The van der Waals surface area contributed by atoms with E-state index in [4.69, 9.17) is 4.74 Å². The fourth-order valence-corrected chi connectivity index (χ4v) is 5.05. The Kier molecular flexibility index (Phi) is 4.95. The van der Waals surface area contributed by atoms with Crippen molar-refractivity contribution in [3.63, 3.8) is 0 Å². The van der Waals surface area contributed by atoms with Gasteiger partial charge in [0, 0.05) is 11.4 Å². The topological polar surface area (TPSA) is 41.6 Å². The first-order valence-corrected chi connectivity index (χ1v) is 10.3. The Morgan fingerprint density at radius 2 is 1.96 bits per heavy atom. The van der Waals surface area contributed by atoms with Crippen molar-refractivity contribution in [3.8, 4) is 10.4 Å². The summed E-state index contributed by atoms with van der Waals surface area (Å²) in [7, 11) is 0. The van der Waals surface area contributed by atoms with Crippen LogP contribution in [0.1, 0.15) is 32.3 Å². The number of carbonyl (C=O) groups excluding carboxylic acids is 1. The summed E-state index contributed by atoms with van der Waals surface area (Å²) in [4.78, 5) is 15.9. The zero-order valence-corrected chi connectivity index (χ0v) is 16.5. The van der Waals surface area contributed by atoms with Crippen LogP contribution < -0.4 is 5.32 Å². The Labute approximate surface area is 163 Å². The molecule has 27 heavy (non-hydrogen) atoms. The maximum Gasteiger partial charge on any atom is 0.408 e. The molecule has 5 rings (SSSR count). The third-order valence-electron chi connectivity index (χ3n) is 5.72. The van der Waals surface area contributed by atoms with Crippen molar-refractivity contribution >= 4 is 17.4 Å². The molecule has 0 saturated carbocycles. The average Bonchev–Trinajstić information content (AvgIpc) is 3.14. The van der Waals surface area contributed by atoms with Crippen LogP contribution in [0, 0.1) is 11.7 Å². The van der Waals surface area contributed by atoms with Crippen LogP contribution in [0.2, 0.25) is 0 Å². The highest BCUT2D eigenvalue weighted by molar-refractivity contribution is 7.13. The highest BCUT2D eigenvalue weighted by atomic mass is 32.1. The lowest BCUT2D eigenvalue weighted by molar-refractivity contribution is -0.0349. The van der Waals surface area contributed by atoms with Gasteiger partial charge in [-0.2, -0.15) is 0 Å². The van der Waals surface area contributed by atoms with Crippen molar-refractivity contribution in [2.45, 2.75) is 38.3 Å². The number of alkyl carbamates (subject to hydrolysis) is 1. The van der Waals surface area contributed by atoms with Crippen molar-refractivity contribution in [2.24, 2.45) is 5.92 Å². The number of rotatable bonds is 4. The van der Waals surface area contributed by atoms with E-state index >= 15 is 0 Å². The molecule has 144 valence electrons.